The largest absolute Gasteiger partial charge is 0.324 e. The number of likely N-dealkylation sites (N-methyl/N-ethyl adjacent to an activating group) is 1. The molecule has 0 aromatic carbocycles. The highest BCUT2D eigenvalue weighted by Gasteiger charge is 2.42. The molecule has 2 unspecified atom stereocenters. The van der Waals surface area contributed by atoms with E-state index in [4.69, 9.17) is 0 Å². The van der Waals surface area contributed by atoms with Gasteiger partial charge in [-0.2, -0.15) is 0 Å². The Kier molecular flexibility index (Phi) is 6.49. The molecule has 1 aliphatic heterocycles. The molecule has 21 heavy (non-hydrogen) atoms. The molecule has 0 radical (unpaired) electrons. The van der Waals surface area contributed by atoms with Gasteiger partial charge in [-0.05, 0) is 38.3 Å². The molecule has 1 saturated carbocycles. The van der Waals surface area contributed by atoms with Crippen molar-refractivity contribution < 1.29 is 4.79 Å². The number of nitrogens with one attached hydrogen (secondary N) is 1. The summed E-state index contributed by atoms with van der Waals surface area (Å²) >= 11 is 0. The van der Waals surface area contributed by atoms with E-state index in [1.54, 1.807) is 0 Å². The first-order valence-electron chi connectivity index (χ1n) is 9.00. The predicted molar refractivity (Wildman–Crippen MR) is 87.1 cm³/mol. The second-order valence-corrected chi connectivity index (χ2v) is 6.56. The third kappa shape index (κ3) is 3.98. The zero-order valence-electron chi connectivity index (χ0n) is 14.1. The highest BCUT2D eigenvalue weighted by atomic mass is 16.2. The van der Waals surface area contributed by atoms with E-state index in [9.17, 15) is 4.79 Å². The maximum absolute atomic E-state index is 12.7. The molecule has 0 aromatic rings. The van der Waals surface area contributed by atoms with Crippen molar-refractivity contribution in [1.29, 1.82) is 0 Å². The normalized spacial score (nSPS) is 27.2. The molecule has 1 aliphatic carbocycles. The van der Waals surface area contributed by atoms with Gasteiger partial charge in [0.05, 0.1) is 12.2 Å². The molecule has 4 nitrogen and oxygen atoms in total. The van der Waals surface area contributed by atoms with Crippen molar-refractivity contribution in [3.63, 3.8) is 0 Å². The first-order valence-corrected chi connectivity index (χ1v) is 9.00. The minimum atomic E-state index is 0.0669. The van der Waals surface area contributed by atoms with E-state index in [1.165, 1.54) is 25.7 Å². The van der Waals surface area contributed by atoms with Crippen molar-refractivity contribution in [3.05, 3.63) is 0 Å². The quantitative estimate of drug-likeness (QED) is 0.747. The van der Waals surface area contributed by atoms with E-state index in [0.29, 0.717) is 18.0 Å². The van der Waals surface area contributed by atoms with E-state index in [1.807, 2.05) is 0 Å². The number of hydrogen-bond acceptors (Lipinski definition) is 3. The van der Waals surface area contributed by atoms with Crippen LogP contribution in [0.3, 0.4) is 0 Å². The van der Waals surface area contributed by atoms with Crippen LogP contribution in [0.25, 0.3) is 0 Å². The zero-order chi connectivity index (χ0) is 15.2. The summed E-state index contributed by atoms with van der Waals surface area (Å²) in [5, 5.41) is 3.65. The molecule has 0 spiro atoms. The maximum Gasteiger partial charge on any atom is 0.241 e. The smallest absolute Gasteiger partial charge is 0.241 e. The van der Waals surface area contributed by atoms with Crippen molar-refractivity contribution in [2.75, 3.05) is 26.2 Å². The van der Waals surface area contributed by atoms with Crippen molar-refractivity contribution in [1.82, 2.24) is 15.1 Å². The summed E-state index contributed by atoms with van der Waals surface area (Å²) in [4.78, 5) is 17.3. The number of carbonyl (C=O) groups is 1. The summed E-state index contributed by atoms with van der Waals surface area (Å²) in [5.41, 5.74) is 0. The minimum Gasteiger partial charge on any atom is -0.324 e. The average molecular weight is 295 g/mol. The van der Waals surface area contributed by atoms with Gasteiger partial charge in [0.25, 0.3) is 0 Å². The van der Waals surface area contributed by atoms with Gasteiger partial charge >= 0.3 is 0 Å². The standard InChI is InChI=1S/C17H33N3O/c1-4-9-15-17(21)20(13-12-19(5-2)6-3)16(18-15)14-10-7-8-11-14/h14-16,18H,4-13H2,1-3H3. The summed E-state index contributed by atoms with van der Waals surface area (Å²) < 4.78 is 0. The number of rotatable bonds is 8. The Labute approximate surface area is 130 Å². The van der Waals surface area contributed by atoms with Crippen LogP contribution in [0.5, 0.6) is 0 Å². The molecule has 1 saturated heterocycles. The van der Waals surface area contributed by atoms with Gasteiger partial charge in [0, 0.05) is 13.1 Å². The van der Waals surface area contributed by atoms with Gasteiger partial charge in [0.2, 0.25) is 5.91 Å². The Morgan fingerprint density at radius 2 is 1.86 bits per heavy atom. The van der Waals surface area contributed by atoms with Gasteiger partial charge in [-0.15, -0.1) is 0 Å². The molecule has 1 heterocycles. The van der Waals surface area contributed by atoms with Gasteiger partial charge < -0.3 is 9.80 Å². The Balaban J connectivity index is 1.99. The molecule has 2 aliphatic rings. The molecule has 2 fully saturated rings. The lowest BCUT2D eigenvalue weighted by molar-refractivity contribution is -0.131. The molecule has 2 atom stereocenters. The van der Waals surface area contributed by atoms with Crippen LogP contribution in [-0.4, -0.2) is 54.1 Å². The fraction of sp³-hybridized carbons (Fsp3) is 0.941. The lowest BCUT2D eigenvalue weighted by Gasteiger charge is -2.31. The van der Waals surface area contributed by atoms with Crippen molar-refractivity contribution in [2.45, 2.75) is 71.5 Å². The SMILES string of the molecule is CCCC1NC(C2CCCC2)N(CCN(CC)CC)C1=O. The summed E-state index contributed by atoms with van der Waals surface area (Å²) in [6.45, 7) is 10.6. The van der Waals surface area contributed by atoms with Crippen LogP contribution < -0.4 is 5.32 Å². The summed E-state index contributed by atoms with van der Waals surface area (Å²) in [7, 11) is 0. The third-order valence-corrected chi connectivity index (χ3v) is 5.26. The lowest BCUT2D eigenvalue weighted by atomic mass is 10.0. The molecule has 1 N–H and O–H groups in total. The maximum atomic E-state index is 12.7. The lowest BCUT2D eigenvalue weighted by Crippen LogP contribution is -2.45. The van der Waals surface area contributed by atoms with Gasteiger partial charge in [-0.25, -0.2) is 0 Å². The van der Waals surface area contributed by atoms with Gasteiger partial charge in [0.1, 0.15) is 0 Å². The highest BCUT2D eigenvalue weighted by molar-refractivity contribution is 5.84. The van der Waals surface area contributed by atoms with Crippen LogP contribution in [-0.2, 0) is 4.79 Å². The van der Waals surface area contributed by atoms with Crippen LogP contribution in [0, 0.1) is 5.92 Å². The number of hydrogen-bond donors (Lipinski definition) is 1. The molecule has 1 amide bonds. The third-order valence-electron chi connectivity index (χ3n) is 5.26. The highest BCUT2D eigenvalue weighted by Crippen LogP contribution is 2.32. The first kappa shape index (κ1) is 16.8. The van der Waals surface area contributed by atoms with E-state index in [-0.39, 0.29) is 6.04 Å². The number of amides is 1. The van der Waals surface area contributed by atoms with Crippen LogP contribution >= 0.6 is 0 Å². The Morgan fingerprint density at radius 1 is 1.19 bits per heavy atom. The first-order chi connectivity index (χ1) is 10.2. The van der Waals surface area contributed by atoms with E-state index in [0.717, 1.165) is 39.0 Å². The number of nitrogens with zero attached hydrogens (tertiary/aromatic N) is 2. The second kappa shape index (κ2) is 8.14. The average Bonchev–Trinajstić information content (AvgIpc) is 3.11. The van der Waals surface area contributed by atoms with Gasteiger partial charge in [-0.1, -0.05) is 40.0 Å². The van der Waals surface area contributed by atoms with Crippen LogP contribution in [0.1, 0.15) is 59.3 Å². The van der Waals surface area contributed by atoms with Crippen molar-refractivity contribution in [3.8, 4) is 0 Å². The summed E-state index contributed by atoms with van der Waals surface area (Å²) in [6.07, 6.45) is 7.58. The summed E-state index contributed by atoms with van der Waals surface area (Å²) in [6, 6.07) is 0.0669. The molecule has 0 aromatic heterocycles. The molecule has 2 rings (SSSR count). The molecule has 122 valence electrons. The fourth-order valence-corrected chi connectivity index (χ4v) is 3.90. The van der Waals surface area contributed by atoms with E-state index in [2.05, 4.69) is 35.9 Å². The molecule has 4 heteroatoms. The Morgan fingerprint density at radius 3 is 2.43 bits per heavy atom. The predicted octanol–water partition coefficient (Wildman–Crippen LogP) is 2.45. The molecule has 0 bridgehead atoms. The van der Waals surface area contributed by atoms with Gasteiger partial charge in [-0.3, -0.25) is 10.1 Å². The van der Waals surface area contributed by atoms with E-state index < -0.39 is 0 Å². The molecular weight excluding hydrogens is 262 g/mol. The second-order valence-electron chi connectivity index (χ2n) is 6.56. The number of carbonyl (C=O) groups excluding carboxylic acids is 1. The van der Waals surface area contributed by atoms with Crippen molar-refractivity contribution >= 4 is 5.91 Å². The van der Waals surface area contributed by atoms with Crippen LogP contribution in [0.2, 0.25) is 0 Å². The van der Waals surface area contributed by atoms with Gasteiger partial charge in [0.15, 0.2) is 0 Å². The van der Waals surface area contributed by atoms with Crippen molar-refractivity contribution in [2.24, 2.45) is 5.92 Å². The molecular formula is C17H33N3O. The van der Waals surface area contributed by atoms with Crippen LogP contribution in [0.4, 0.5) is 0 Å². The summed E-state index contributed by atoms with van der Waals surface area (Å²) in [5.74, 6) is 1.02. The zero-order valence-corrected chi connectivity index (χ0v) is 14.1. The topological polar surface area (TPSA) is 35.6 Å². The monoisotopic (exact) mass is 295 g/mol. The minimum absolute atomic E-state index is 0.0669. The Hall–Kier alpha value is -0.610. The Bertz CT molecular complexity index is 324. The van der Waals surface area contributed by atoms with Crippen LogP contribution in [0.15, 0.2) is 0 Å². The fourth-order valence-electron chi connectivity index (χ4n) is 3.90. The van der Waals surface area contributed by atoms with E-state index >= 15 is 0 Å².